The molecule has 0 saturated heterocycles. The van der Waals surface area contributed by atoms with E-state index in [0.29, 0.717) is 0 Å². The third-order valence-corrected chi connectivity index (χ3v) is 4.72. The average molecular weight is 272 g/mol. The molecule has 0 radical (unpaired) electrons. The van der Waals surface area contributed by atoms with Gasteiger partial charge < -0.3 is 5.32 Å². The van der Waals surface area contributed by atoms with Crippen molar-refractivity contribution >= 4 is 17.0 Å². The first-order valence-corrected chi connectivity index (χ1v) is 7.77. The standard InChI is InChI=1S/C16H20N2S/c1-13-2-4-15(5-3-13)17-8-10-18-9-6-16-14(12-18)7-11-19-16/h2-5,7,11,17H,6,8-10,12H2,1H3. The van der Waals surface area contributed by atoms with Crippen LogP contribution in [0.3, 0.4) is 0 Å². The molecule has 1 aromatic heterocycles. The molecule has 1 N–H and O–H groups in total. The van der Waals surface area contributed by atoms with E-state index in [1.165, 1.54) is 29.8 Å². The van der Waals surface area contributed by atoms with Crippen molar-refractivity contribution in [2.24, 2.45) is 0 Å². The third kappa shape index (κ3) is 3.17. The lowest BCUT2D eigenvalue weighted by Gasteiger charge is -2.26. The Balaban J connectivity index is 1.47. The predicted molar refractivity (Wildman–Crippen MR) is 83.0 cm³/mol. The maximum Gasteiger partial charge on any atom is 0.0340 e. The number of fused-ring (bicyclic) bond motifs is 1. The topological polar surface area (TPSA) is 15.3 Å². The lowest BCUT2D eigenvalue weighted by atomic mass is 10.1. The predicted octanol–water partition coefficient (Wildman–Crippen LogP) is 3.53. The molecule has 2 heterocycles. The van der Waals surface area contributed by atoms with E-state index in [1.807, 2.05) is 11.3 Å². The van der Waals surface area contributed by atoms with Gasteiger partial charge in [0, 0.05) is 36.7 Å². The van der Waals surface area contributed by atoms with Gasteiger partial charge in [-0.1, -0.05) is 17.7 Å². The van der Waals surface area contributed by atoms with Gasteiger partial charge in [0.2, 0.25) is 0 Å². The molecule has 1 aromatic carbocycles. The van der Waals surface area contributed by atoms with Gasteiger partial charge in [-0.15, -0.1) is 11.3 Å². The summed E-state index contributed by atoms with van der Waals surface area (Å²) >= 11 is 1.91. The number of aryl methyl sites for hydroxylation is 1. The molecule has 0 amide bonds. The molecule has 19 heavy (non-hydrogen) atoms. The molecular formula is C16H20N2S. The normalized spacial score (nSPS) is 15.2. The van der Waals surface area contributed by atoms with Crippen molar-refractivity contribution in [1.82, 2.24) is 4.90 Å². The van der Waals surface area contributed by atoms with Crippen LogP contribution in [0, 0.1) is 6.92 Å². The van der Waals surface area contributed by atoms with Gasteiger partial charge in [0.1, 0.15) is 0 Å². The van der Waals surface area contributed by atoms with Crippen molar-refractivity contribution in [3.63, 3.8) is 0 Å². The molecular weight excluding hydrogens is 252 g/mol. The van der Waals surface area contributed by atoms with Gasteiger partial charge in [-0.05, 0) is 42.5 Å². The summed E-state index contributed by atoms with van der Waals surface area (Å²) in [4.78, 5) is 4.12. The van der Waals surface area contributed by atoms with E-state index in [2.05, 4.69) is 52.9 Å². The second-order valence-corrected chi connectivity index (χ2v) is 6.19. The third-order valence-electron chi connectivity index (χ3n) is 3.70. The average Bonchev–Trinajstić information content (AvgIpc) is 2.88. The zero-order valence-corrected chi connectivity index (χ0v) is 12.2. The van der Waals surface area contributed by atoms with Crippen molar-refractivity contribution in [3.8, 4) is 0 Å². The molecule has 100 valence electrons. The van der Waals surface area contributed by atoms with E-state index >= 15 is 0 Å². The van der Waals surface area contributed by atoms with Crippen LogP contribution in [0.1, 0.15) is 16.0 Å². The molecule has 2 nitrogen and oxygen atoms in total. The molecule has 0 unspecified atom stereocenters. The molecule has 0 aliphatic carbocycles. The second-order valence-electron chi connectivity index (χ2n) is 5.19. The Kier molecular flexibility index (Phi) is 3.85. The molecule has 1 aliphatic heterocycles. The highest BCUT2D eigenvalue weighted by molar-refractivity contribution is 7.10. The smallest absolute Gasteiger partial charge is 0.0340 e. The lowest BCUT2D eigenvalue weighted by molar-refractivity contribution is 0.266. The lowest BCUT2D eigenvalue weighted by Crippen LogP contribution is -2.33. The number of hydrogen-bond acceptors (Lipinski definition) is 3. The van der Waals surface area contributed by atoms with Crippen LogP contribution in [0.25, 0.3) is 0 Å². The number of benzene rings is 1. The summed E-state index contributed by atoms with van der Waals surface area (Å²) in [6.45, 7) is 6.57. The molecule has 3 rings (SSSR count). The van der Waals surface area contributed by atoms with Gasteiger partial charge in [-0.2, -0.15) is 0 Å². The Bertz CT molecular complexity index is 530. The Morgan fingerprint density at radius 2 is 2.05 bits per heavy atom. The number of anilines is 1. The van der Waals surface area contributed by atoms with Crippen molar-refractivity contribution < 1.29 is 0 Å². The Morgan fingerprint density at radius 1 is 1.21 bits per heavy atom. The van der Waals surface area contributed by atoms with E-state index < -0.39 is 0 Å². The molecule has 0 fully saturated rings. The van der Waals surface area contributed by atoms with E-state index in [9.17, 15) is 0 Å². The molecule has 0 saturated carbocycles. The van der Waals surface area contributed by atoms with E-state index in [4.69, 9.17) is 0 Å². The summed E-state index contributed by atoms with van der Waals surface area (Å²) < 4.78 is 0. The van der Waals surface area contributed by atoms with Crippen LogP contribution in [0.2, 0.25) is 0 Å². The number of thiophene rings is 1. The van der Waals surface area contributed by atoms with Crippen LogP contribution in [-0.2, 0) is 13.0 Å². The minimum absolute atomic E-state index is 1.02. The fourth-order valence-electron chi connectivity index (χ4n) is 2.53. The maximum atomic E-state index is 3.50. The van der Waals surface area contributed by atoms with Gasteiger partial charge in [0.25, 0.3) is 0 Å². The molecule has 2 aromatic rings. The van der Waals surface area contributed by atoms with Crippen molar-refractivity contribution in [2.75, 3.05) is 25.0 Å². The molecule has 0 atom stereocenters. The molecule has 0 bridgehead atoms. The highest BCUT2D eigenvalue weighted by Gasteiger charge is 2.16. The maximum absolute atomic E-state index is 3.50. The first-order chi connectivity index (χ1) is 9.31. The van der Waals surface area contributed by atoms with Crippen LogP contribution >= 0.6 is 11.3 Å². The number of nitrogens with one attached hydrogen (secondary N) is 1. The number of rotatable bonds is 4. The van der Waals surface area contributed by atoms with Gasteiger partial charge in [0.05, 0.1) is 0 Å². The summed E-state index contributed by atoms with van der Waals surface area (Å²) in [5.41, 5.74) is 4.07. The van der Waals surface area contributed by atoms with Gasteiger partial charge in [-0.3, -0.25) is 4.90 Å². The van der Waals surface area contributed by atoms with Crippen LogP contribution in [-0.4, -0.2) is 24.5 Å². The molecule has 3 heteroatoms. The van der Waals surface area contributed by atoms with Crippen LogP contribution in [0.4, 0.5) is 5.69 Å². The summed E-state index contributed by atoms with van der Waals surface area (Å²) in [5.74, 6) is 0. The summed E-state index contributed by atoms with van der Waals surface area (Å²) in [6.07, 6.45) is 1.22. The summed E-state index contributed by atoms with van der Waals surface area (Å²) in [7, 11) is 0. The Labute approximate surface area is 119 Å². The summed E-state index contributed by atoms with van der Waals surface area (Å²) in [5, 5.41) is 5.72. The van der Waals surface area contributed by atoms with E-state index in [0.717, 1.165) is 19.6 Å². The highest BCUT2D eigenvalue weighted by atomic mass is 32.1. The van der Waals surface area contributed by atoms with Gasteiger partial charge >= 0.3 is 0 Å². The van der Waals surface area contributed by atoms with Gasteiger partial charge in [0.15, 0.2) is 0 Å². The van der Waals surface area contributed by atoms with Gasteiger partial charge in [-0.25, -0.2) is 0 Å². The first-order valence-electron chi connectivity index (χ1n) is 6.89. The van der Waals surface area contributed by atoms with Crippen LogP contribution in [0.15, 0.2) is 35.7 Å². The van der Waals surface area contributed by atoms with Crippen molar-refractivity contribution in [3.05, 3.63) is 51.7 Å². The summed E-state index contributed by atoms with van der Waals surface area (Å²) in [6, 6.07) is 10.9. The minimum atomic E-state index is 1.02. The second kappa shape index (κ2) is 5.76. The van der Waals surface area contributed by atoms with Crippen molar-refractivity contribution in [1.29, 1.82) is 0 Å². The monoisotopic (exact) mass is 272 g/mol. The Hall–Kier alpha value is -1.32. The van der Waals surface area contributed by atoms with Crippen LogP contribution < -0.4 is 5.32 Å². The van der Waals surface area contributed by atoms with E-state index in [-0.39, 0.29) is 0 Å². The number of nitrogens with zero attached hydrogens (tertiary/aromatic N) is 1. The fourth-order valence-corrected chi connectivity index (χ4v) is 3.42. The molecule has 0 spiro atoms. The SMILES string of the molecule is Cc1ccc(NCCN2CCc3sccc3C2)cc1. The van der Waals surface area contributed by atoms with Crippen LogP contribution in [0.5, 0.6) is 0 Å². The van der Waals surface area contributed by atoms with Crippen molar-refractivity contribution in [2.45, 2.75) is 19.9 Å². The minimum Gasteiger partial charge on any atom is -0.384 e. The Morgan fingerprint density at radius 3 is 2.89 bits per heavy atom. The highest BCUT2D eigenvalue weighted by Crippen LogP contribution is 2.23. The first kappa shape index (κ1) is 12.7. The molecule has 1 aliphatic rings. The zero-order valence-electron chi connectivity index (χ0n) is 11.4. The largest absolute Gasteiger partial charge is 0.384 e. The fraction of sp³-hybridized carbons (Fsp3) is 0.375. The number of hydrogen-bond donors (Lipinski definition) is 1. The zero-order chi connectivity index (χ0) is 13.1. The quantitative estimate of drug-likeness (QED) is 0.916. The van der Waals surface area contributed by atoms with E-state index in [1.54, 1.807) is 4.88 Å².